The normalized spacial score (nSPS) is 26.9. The Labute approximate surface area is 112 Å². The largest absolute Gasteiger partial charge is 0.296 e. The van der Waals surface area contributed by atoms with Crippen molar-refractivity contribution in [2.24, 2.45) is 11.3 Å². The van der Waals surface area contributed by atoms with E-state index >= 15 is 0 Å². The lowest BCUT2D eigenvalue weighted by Gasteiger charge is -2.36. The van der Waals surface area contributed by atoms with Crippen molar-refractivity contribution in [2.75, 3.05) is 6.54 Å². The second-order valence-electron chi connectivity index (χ2n) is 7.87. The van der Waals surface area contributed by atoms with Crippen LogP contribution in [0.15, 0.2) is 0 Å². The Morgan fingerprint density at radius 1 is 1.17 bits per heavy atom. The fourth-order valence-corrected chi connectivity index (χ4v) is 2.37. The molecule has 1 heterocycles. The smallest absolute Gasteiger partial charge is 0.167 e. The van der Waals surface area contributed by atoms with Crippen molar-refractivity contribution in [3.8, 4) is 0 Å². The van der Waals surface area contributed by atoms with Crippen LogP contribution in [0.2, 0.25) is 0 Å². The monoisotopic (exact) mass is 254 g/mol. The van der Waals surface area contributed by atoms with Crippen molar-refractivity contribution in [2.45, 2.75) is 73.1 Å². The van der Waals surface area contributed by atoms with Crippen molar-refractivity contribution in [1.82, 2.24) is 10.2 Å². The molecule has 1 rings (SSSR count). The Morgan fingerprint density at radius 2 is 1.67 bits per heavy atom. The molecule has 0 aromatic rings. The third kappa shape index (κ3) is 3.33. The van der Waals surface area contributed by atoms with E-state index < -0.39 is 0 Å². The van der Waals surface area contributed by atoms with Crippen LogP contribution in [0.5, 0.6) is 0 Å². The minimum absolute atomic E-state index is 0.0161. The molecule has 1 aliphatic heterocycles. The zero-order valence-electron chi connectivity index (χ0n) is 13.3. The second kappa shape index (κ2) is 4.93. The Bertz CT molecular complexity index is 309. The molecule has 18 heavy (non-hydrogen) atoms. The van der Waals surface area contributed by atoms with E-state index in [9.17, 15) is 4.79 Å². The third-order valence-corrected chi connectivity index (χ3v) is 3.80. The van der Waals surface area contributed by atoms with Gasteiger partial charge in [0.2, 0.25) is 0 Å². The zero-order chi connectivity index (χ0) is 14.3. The number of carbonyl (C=O) groups excluding carboxylic acids is 1. The molecule has 1 N–H and O–H groups in total. The van der Waals surface area contributed by atoms with E-state index in [-0.39, 0.29) is 23.0 Å². The van der Waals surface area contributed by atoms with Gasteiger partial charge in [0.15, 0.2) is 5.78 Å². The number of nitrogens with zero attached hydrogens (tertiary/aromatic N) is 1. The Hall–Kier alpha value is -0.410. The first-order valence-electron chi connectivity index (χ1n) is 7.01. The van der Waals surface area contributed by atoms with Crippen LogP contribution in [0.1, 0.15) is 55.4 Å². The first kappa shape index (κ1) is 15.6. The fraction of sp³-hybridized carbons (Fsp3) is 0.933. The van der Waals surface area contributed by atoms with Gasteiger partial charge in [0.05, 0.1) is 0 Å². The van der Waals surface area contributed by atoms with E-state index in [1.54, 1.807) is 0 Å². The summed E-state index contributed by atoms with van der Waals surface area (Å²) in [5, 5.41) is 3.55. The molecule has 1 saturated heterocycles. The van der Waals surface area contributed by atoms with E-state index in [1.807, 2.05) is 13.8 Å². The van der Waals surface area contributed by atoms with Crippen molar-refractivity contribution in [3.05, 3.63) is 0 Å². The standard InChI is InChI=1S/C15H30N2O/c1-10(2)12(18)13-16-11(14(3,4)5)9-17(13)15(6,7)8/h10-11,13,16H,9H2,1-8H3. The Balaban J connectivity index is 2.96. The summed E-state index contributed by atoms with van der Waals surface area (Å²) in [4.78, 5) is 14.7. The van der Waals surface area contributed by atoms with Crippen LogP contribution < -0.4 is 5.32 Å². The van der Waals surface area contributed by atoms with Gasteiger partial charge < -0.3 is 0 Å². The summed E-state index contributed by atoms with van der Waals surface area (Å²) >= 11 is 0. The van der Waals surface area contributed by atoms with Gasteiger partial charge in [0, 0.05) is 24.0 Å². The lowest BCUT2D eigenvalue weighted by molar-refractivity contribution is -0.128. The predicted octanol–water partition coefficient (Wildman–Crippen LogP) is 2.66. The summed E-state index contributed by atoms with van der Waals surface area (Å²) in [5.41, 5.74) is 0.192. The quantitative estimate of drug-likeness (QED) is 0.822. The minimum Gasteiger partial charge on any atom is -0.296 e. The van der Waals surface area contributed by atoms with Gasteiger partial charge in [0.25, 0.3) is 0 Å². The lowest BCUT2D eigenvalue weighted by Crippen LogP contribution is -2.52. The summed E-state index contributed by atoms with van der Waals surface area (Å²) in [6.45, 7) is 18.1. The molecule has 106 valence electrons. The molecule has 3 heteroatoms. The number of carbonyl (C=O) groups is 1. The molecule has 0 aliphatic carbocycles. The number of rotatable bonds is 2. The maximum atomic E-state index is 12.4. The second-order valence-corrected chi connectivity index (χ2v) is 7.87. The van der Waals surface area contributed by atoms with Crippen molar-refractivity contribution < 1.29 is 4.79 Å². The van der Waals surface area contributed by atoms with E-state index in [2.05, 4.69) is 51.8 Å². The highest BCUT2D eigenvalue weighted by Gasteiger charge is 2.45. The summed E-state index contributed by atoms with van der Waals surface area (Å²) in [7, 11) is 0. The molecule has 0 amide bonds. The van der Waals surface area contributed by atoms with Gasteiger partial charge in [-0.1, -0.05) is 34.6 Å². The first-order valence-corrected chi connectivity index (χ1v) is 7.01. The van der Waals surface area contributed by atoms with Gasteiger partial charge in [-0.25, -0.2) is 0 Å². The fourth-order valence-electron chi connectivity index (χ4n) is 2.37. The highest BCUT2D eigenvalue weighted by Crippen LogP contribution is 2.30. The summed E-state index contributed by atoms with van der Waals surface area (Å²) in [5.74, 6) is 0.378. The SMILES string of the molecule is CC(C)C(=O)C1NC(C(C)(C)C)CN1C(C)(C)C. The summed E-state index contributed by atoms with van der Waals surface area (Å²) in [6, 6.07) is 0.365. The zero-order valence-corrected chi connectivity index (χ0v) is 13.3. The Morgan fingerprint density at radius 3 is 2.00 bits per heavy atom. The molecule has 0 bridgehead atoms. The van der Waals surface area contributed by atoms with Gasteiger partial charge in [-0.3, -0.25) is 15.0 Å². The van der Waals surface area contributed by atoms with Crippen LogP contribution in [0.3, 0.4) is 0 Å². The molecule has 3 nitrogen and oxygen atoms in total. The third-order valence-electron chi connectivity index (χ3n) is 3.80. The maximum absolute atomic E-state index is 12.4. The molecule has 2 unspecified atom stereocenters. The van der Waals surface area contributed by atoms with Gasteiger partial charge in [-0.2, -0.15) is 0 Å². The van der Waals surface area contributed by atoms with Crippen LogP contribution >= 0.6 is 0 Å². The van der Waals surface area contributed by atoms with E-state index in [4.69, 9.17) is 0 Å². The van der Waals surface area contributed by atoms with Crippen LogP contribution in [0.4, 0.5) is 0 Å². The van der Waals surface area contributed by atoms with Gasteiger partial charge in [-0.05, 0) is 26.2 Å². The van der Waals surface area contributed by atoms with Gasteiger partial charge in [0.1, 0.15) is 6.17 Å². The number of hydrogen-bond acceptors (Lipinski definition) is 3. The number of ketones is 1. The average molecular weight is 254 g/mol. The molecule has 1 aliphatic rings. The first-order chi connectivity index (χ1) is 7.94. The highest BCUT2D eigenvalue weighted by molar-refractivity contribution is 5.85. The van der Waals surface area contributed by atoms with E-state index in [1.165, 1.54) is 0 Å². The predicted molar refractivity (Wildman–Crippen MR) is 76.5 cm³/mol. The molecule has 0 spiro atoms. The minimum atomic E-state index is -0.130. The van der Waals surface area contributed by atoms with E-state index in [0.29, 0.717) is 11.8 Å². The molecular formula is C15H30N2O. The van der Waals surface area contributed by atoms with Crippen molar-refractivity contribution in [1.29, 1.82) is 0 Å². The van der Waals surface area contributed by atoms with Gasteiger partial charge >= 0.3 is 0 Å². The molecular weight excluding hydrogens is 224 g/mol. The van der Waals surface area contributed by atoms with Crippen LogP contribution in [-0.4, -0.2) is 35.0 Å². The lowest BCUT2D eigenvalue weighted by atomic mass is 9.87. The topological polar surface area (TPSA) is 32.3 Å². The molecule has 2 atom stereocenters. The maximum Gasteiger partial charge on any atom is 0.167 e. The van der Waals surface area contributed by atoms with E-state index in [0.717, 1.165) is 6.54 Å². The van der Waals surface area contributed by atoms with Crippen LogP contribution in [0.25, 0.3) is 0 Å². The van der Waals surface area contributed by atoms with Gasteiger partial charge in [-0.15, -0.1) is 0 Å². The van der Waals surface area contributed by atoms with Crippen LogP contribution in [0, 0.1) is 11.3 Å². The molecule has 1 fully saturated rings. The number of Topliss-reactive ketones (excluding diaryl/α,β-unsaturated/α-hetero) is 1. The van der Waals surface area contributed by atoms with Crippen LogP contribution in [-0.2, 0) is 4.79 Å². The van der Waals surface area contributed by atoms with Crippen molar-refractivity contribution in [3.63, 3.8) is 0 Å². The average Bonchev–Trinajstić information content (AvgIpc) is 2.58. The molecule has 0 saturated carbocycles. The molecule has 0 aromatic heterocycles. The highest BCUT2D eigenvalue weighted by atomic mass is 16.1. The molecule has 0 radical (unpaired) electrons. The van der Waals surface area contributed by atoms with Crippen molar-refractivity contribution >= 4 is 5.78 Å². The Kier molecular flexibility index (Phi) is 4.29. The summed E-state index contributed by atoms with van der Waals surface area (Å²) < 4.78 is 0. The molecule has 0 aromatic carbocycles. The number of nitrogens with one attached hydrogen (secondary N) is 1. The summed E-state index contributed by atoms with van der Waals surface area (Å²) in [6.07, 6.45) is -0.130. The number of hydrogen-bond donors (Lipinski definition) is 1.